The molecule has 7 nitrogen and oxygen atoms in total. The highest BCUT2D eigenvalue weighted by atomic mass is 16.6. The van der Waals surface area contributed by atoms with Gasteiger partial charge in [-0.15, -0.1) is 0 Å². The first kappa shape index (κ1) is 14.3. The summed E-state index contributed by atoms with van der Waals surface area (Å²) in [5.41, 5.74) is 5.48. The highest BCUT2D eigenvalue weighted by Crippen LogP contribution is 2.30. The van der Waals surface area contributed by atoms with Crippen LogP contribution in [0.15, 0.2) is 48.5 Å². The van der Waals surface area contributed by atoms with Crippen molar-refractivity contribution in [3.8, 4) is 11.5 Å². The number of primary amides is 1. The van der Waals surface area contributed by atoms with Crippen molar-refractivity contribution in [2.75, 3.05) is 0 Å². The molecule has 0 saturated carbocycles. The van der Waals surface area contributed by atoms with Crippen LogP contribution in [-0.2, 0) is 11.3 Å². The third kappa shape index (κ3) is 3.93. The van der Waals surface area contributed by atoms with Crippen LogP contribution in [0.4, 0.5) is 10.5 Å². The van der Waals surface area contributed by atoms with Gasteiger partial charge in [-0.1, -0.05) is 24.3 Å². The molecule has 2 N–H and O–H groups in total. The van der Waals surface area contributed by atoms with Crippen LogP contribution in [0.5, 0.6) is 11.5 Å². The van der Waals surface area contributed by atoms with Gasteiger partial charge in [0.2, 0.25) is 5.75 Å². The summed E-state index contributed by atoms with van der Waals surface area (Å²) in [6.45, 7) is 0.0566. The summed E-state index contributed by atoms with van der Waals surface area (Å²) in [7, 11) is 0. The number of ether oxygens (including phenoxy) is 2. The average Bonchev–Trinajstić information content (AvgIpc) is 2.47. The van der Waals surface area contributed by atoms with E-state index in [1.165, 1.54) is 12.1 Å². The van der Waals surface area contributed by atoms with Crippen molar-refractivity contribution in [3.05, 3.63) is 64.2 Å². The van der Waals surface area contributed by atoms with E-state index in [2.05, 4.69) is 4.74 Å². The maximum absolute atomic E-state index is 10.9. The molecule has 0 spiro atoms. The van der Waals surface area contributed by atoms with Gasteiger partial charge in [0, 0.05) is 6.07 Å². The third-order valence-corrected chi connectivity index (χ3v) is 2.59. The fourth-order valence-corrected chi connectivity index (χ4v) is 1.63. The van der Waals surface area contributed by atoms with Crippen LogP contribution in [-0.4, -0.2) is 11.0 Å². The fraction of sp³-hybridized carbons (Fsp3) is 0.0714. The zero-order chi connectivity index (χ0) is 15.2. The van der Waals surface area contributed by atoms with Gasteiger partial charge in [0.25, 0.3) is 0 Å². The molecule has 0 aliphatic rings. The molecule has 0 aliphatic heterocycles. The summed E-state index contributed by atoms with van der Waals surface area (Å²) < 4.78 is 10.1. The second-order valence-electron chi connectivity index (χ2n) is 4.08. The van der Waals surface area contributed by atoms with E-state index in [9.17, 15) is 14.9 Å². The van der Waals surface area contributed by atoms with E-state index >= 15 is 0 Å². The van der Waals surface area contributed by atoms with Gasteiger partial charge >= 0.3 is 11.8 Å². The first-order valence-electron chi connectivity index (χ1n) is 5.98. The molecule has 108 valence electrons. The number of rotatable bonds is 5. The number of carbonyl (C=O) groups is 1. The van der Waals surface area contributed by atoms with E-state index in [0.29, 0.717) is 5.75 Å². The lowest BCUT2D eigenvalue weighted by Gasteiger charge is -2.07. The van der Waals surface area contributed by atoms with Gasteiger partial charge in [0.15, 0.2) is 0 Å². The molecule has 7 heteroatoms. The molecule has 0 aromatic heterocycles. The van der Waals surface area contributed by atoms with Crippen LogP contribution in [0.25, 0.3) is 0 Å². The summed E-state index contributed by atoms with van der Waals surface area (Å²) >= 11 is 0. The molecule has 21 heavy (non-hydrogen) atoms. The number of amides is 1. The molecule has 0 radical (unpaired) electrons. The number of hydrogen-bond acceptors (Lipinski definition) is 5. The Morgan fingerprint density at radius 2 is 1.81 bits per heavy atom. The van der Waals surface area contributed by atoms with E-state index in [0.717, 1.165) is 5.56 Å². The van der Waals surface area contributed by atoms with Gasteiger partial charge in [-0.05, 0) is 23.8 Å². The number of nitro groups is 1. The molecule has 1 amide bonds. The Balaban J connectivity index is 2.10. The maximum Gasteiger partial charge on any atom is 0.404 e. The summed E-state index contributed by atoms with van der Waals surface area (Å²) in [6, 6.07) is 12.7. The Morgan fingerprint density at radius 3 is 2.43 bits per heavy atom. The number of nitrogens with two attached hydrogens (primary N) is 1. The summed E-state index contributed by atoms with van der Waals surface area (Å²) in [5, 5.41) is 10.9. The zero-order valence-corrected chi connectivity index (χ0v) is 10.9. The second kappa shape index (κ2) is 6.38. The fourth-order valence-electron chi connectivity index (χ4n) is 1.63. The third-order valence-electron chi connectivity index (χ3n) is 2.59. The maximum atomic E-state index is 10.9. The smallest absolute Gasteiger partial charge is 0.404 e. The molecule has 0 unspecified atom stereocenters. The monoisotopic (exact) mass is 288 g/mol. The predicted octanol–water partition coefficient (Wildman–Crippen LogP) is 2.98. The Labute approximate surface area is 120 Å². The minimum Gasteiger partial charge on any atom is -0.450 e. The number of para-hydroxylation sites is 2. The predicted molar refractivity (Wildman–Crippen MR) is 74.0 cm³/mol. The second-order valence-corrected chi connectivity index (χ2v) is 4.08. The standard InChI is InChI=1S/C14H12N2O5/c15-14(17)20-9-10-5-7-11(8-6-10)21-13-4-2-1-3-12(13)16(18)19/h1-8H,9H2,(H2,15,17). The van der Waals surface area contributed by atoms with Crippen LogP contribution >= 0.6 is 0 Å². The minimum atomic E-state index is -0.852. The van der Waals surface area contributed by atoms with Gasteiger partial charge in [-0.3, -0.25) is 10.1 Å². The minimum absolute atomic E-state index is 0.0566. The molecule has 2 rings (SSSR count). The van der Waals surface area contributed by atoms with Gasteiger partial charge in [-0.2, -0.15) is 0 Å². The molecular formula is C14H12N2O5. The highest BCUT2D eigenvalue weighted by molar-refractivity contribution is 5.64. The van der Waals surface area contributed by atoms with Gasteiger partial charge in [-0.25, -0.2) is 4.79 Å². The molecule has 2 aromatic carbocycles. The lowest BCUT2D eigenvalue weighted by atomic mass is 10.2. The van der Waals surface area contributed by atoms with Crippen molar-refractivity contribution in [1.82, 2.24) is 0 Å². The van der Waals surface area contributed by atoms with Crippen molar-refractivity contribution in [3.63, 3.8) is 0 Å². The first-order chi connectivity index (χ1) is 10.1. The van der Waals surface area contributed by atoms with E-state index in [1.807, 2.05) is 0 Å². The molecule has 2 aromatic rings. The van der Waals surface area contributed by atoms with E-state index in [4.69, 9.17) is 10.5 Å². The Kier molecular flexibility index (Phi) is 4.35. The number of nitrogens with zero attached hydrogens (tertiary/aromatic N) is 1. The van der Waals surface area contributed by atoms with Crippen LogP contribution in [0.1, 0.15) is 5.56 Å². The lowest BCUT2D eigenvalue weighted by molar-refractivity contribution is -0.385. The Hall–Kier alpha value is -3.09. The van der Waals surface area contributed by atoms with Gasteiger partial charge < -0.3 is 15.2 Å². The van der Waals surface area contributed by atoms with E-state index < -0.39 is 11.0 Å². The van der Waals surface area contributed by atoms with Crippen LogP contribution in [0.2, 0.25) is 0 Å². The molecule has 0 saturated heterocycles. The van der Waals surface area contributed by atoms with Crippen molar-refractivity contribution >= 4 is 11.8 Å². The number of benzene rings is 2. The van der Waals surface area contributed by atoms with Gasteiger partial charge in [0.05, 0.1) is 4.92 Å². The molecule has 0 fully saturated rings. The zero-order valence-electron chi connectivity index (χ0n) is 10.9. The number of carbonyl (C=O) groups excluding carboxylic acids is 1. The summed E-state index contributed by atoms with van der Waals surface area (Å²) in [5.74, 6) is 0.593. The molecule has 0 heterocycles. The number of hydrogen-bond donors (Lipinski definition) is 1. The molecule has 0 atom stereocenters. The summed E-state index contributed by atoms with van der Waals surface area (Å²) in [4.78, 5) is 20.9. The summed E-state index contributed by atoms with van der Waals surface area (Å²) in [6.07, 6.45) is -0.852. The highest BCUT2D eigenvalue weighted by Gasteiger charge is 2.14. The Morgan fingerprint density at radius 1 is 1.14 bits per heavy atom. The van der Waals surface area contributed by atoms with Crippen molar-refractivity contribution in [2.45, 2.75) is 6.61 Å². The Bertz CT molecular complexity index is 655. The normalized spacial score (nSPS) is 9.90. The molecule has 0 bridgehead atoms. The quantitative estimate of drug-likeness (QED) is 0.672. The van der Waals surface area contributed by atoms with Crippen LogP contribution in [0, 0.1) is 10.1 Å². The largest absolute Gasteiger partial charge is 0.450 e. The topological polar surface area (TPSA) is 105 Å². The van der Waals surface area contributed by atoms with Crippen LogP contribution in [0.3, 0.4) is 0 Å². The first-order valence-corrected chi connectivity index (χ1v) is 5.98. The molecular weight excluding hydrogens is 276 g/mol. The number of nitro benzene ring substituents is 1. The molecule has 0 aliphatic carbocycles. The van der Waals surface area contributed by atoms with Crippen molar-refractivity contribution in [2.24, 2.45) is 5.73 Å². The van der Waals surface area contributed by atoms with Crippen LogP contribution < -0.4 is 10.5 Å². The van der Waals surface area contributed by atoms with E-state index in [1.54, 1.807) is 36.4 Å². The van der Waals surface area contributed by atoms with Gasteiger partial charge in [0.1, 0.15) is 12.4 Å². The van der Waals surface area contributed by atoms with Crippen molar-refractivity contribution < 1.29 is 19.2 Å². The average molecular weight is 288 g/mol. The van der Waals surface area contributed by atoms with Crippen molar-refractivity contribution in [1.29, 1.82) is 0 Å². The SMILES string of the molecule is NC(=O)OCc1ccc(Oc2ccccc2[N+](=O)[O-])cc1. The lowest BCUT2D eigenvalue weighted by Crippen LogP contribution is -2.12. The van der Waals surface area contributed by atoms with E-state index in [-0.39, 0.29) is 18.0 Å².